The van der Waals surface area contributed by atoms with Gasteiger partial charge in [0, 0.05) is 5.56 Å². The first-order chi connectivity index (χ1) is 8.74. The van der Waals surface area contributed by atoms with Gasteiger partial charge in [0.1, 0.15) is 5.76 Å². The van der Waals surface area contributed by atoms with E-state index in [-0.39, 0.29) is 0 Å². The van der Waals surface area contributed by atoms with Crippen molar-refractivity contribution >= 4 is 14.1 Å². The minimum absolute atomic E-state index is 1.12. The van der Waals surface area contributed by atoms with Gasteiger partial charge in [0.25, 0.3) is 0 Å². The van der Waals surface area contributed by atoms with Gasteiger partial charge in [-0.15, -0.1) is 0 Å². The lowest BCUT2D eigenvalue weighted by atomic mass is 9.96. The van der Waals surface area contributed by atoms with Gasteiger partial charge in [-0.2, -0.15) is 0 Å². The summed E-state index contributed by atoms with van der Waals surface area (Å²) in [5.74, 6) is 1.16. The first-order valence-corrected chi connectivity index (χ1v) is 9.75. The van der Waals surface area contributed by atoms with Crippen LogP contribution in [0.2, 0.25) is 18.1 Å². The van der Waals surface area contributed by atoms with Crippen LogP contribution in [-0.4, -0.2) is 8.32 Å². The number of hydrogen-bond acceptors (Lipinski definition) is 1. The van der Waals surface area contributed by atoms with Crippen molar-refractivity contribution in [2.24, 2.45) is 0 Å². The van der Waals surface area contributed by atoms with Gasteiger partial charge in [-0.3, -0.25) is 0 Å². The van der Waals surface area contributed by atoms with E-state index in [1.807, 2.05) is 0 Å². The van der Waals surface area contributed by atoms with Crippen molar-refractivity contribution in [3.05, 3.63) is 41.5 Å². The van der Waals surface area contributed by atoms with E-state index in [1.54, 1.807) is 0 Å². The SMILES string of the molecule is CC[Si](CC)(CC)OC1=CCCc2ccccc21. The lowest BCUT2D eigenvalue weighted by molar-refractivity contribution is 0.485. The molecule has 1 aromatic rings. The molecule has 18 heavy (non-hydrogen) atoms. The number of allylic oxidation sites excluding steroid dienone is 1. The summed E-state index contributed by atoms with van der Waals surface area (Å²) in [7, 11) is -1.54. The Morgan fingerprint density at radius 1 is 1.06 bits per heavy atom. The van der Waals surface area contributed by atoms with Crippen molar-refractivity contribution in [1.82, 2.24) is 0 Å². The van der Waals surface area contributed by atoms with Crippen LogP contribution in [0.1, 0.15) is 38.3 Å². The minimum Gasteiger partial charge on any atom is -0.543 e. The molecule has 1 aliphatic carbocycles. The zero-order valence-electron chi connectivity index (χ0n) is 11.8. The third-order valence-electron chi connectivity index (χ3n) is 4.29. The van der Waals surface area contributed by atoms with Crippen molar-refractivity contribution in [1.29, 1.82) is 0 Å². The summed E-state index contributed by atoms with van der Waals surface area (Å²) in [5, 5.41) is 0. The Labute approximate surface area is 112 Å². The Hall–Kier alpha value is -1.02. The Kier molecular flexibility index (Phi) is 4.28. The van der Waals surface area contributed by atoms with Crippen LogP contribution < -0.4 is 0 Å². The second-order valence-corrected chi connectivity index (χ2v) is 9.80. The molecule has 0 bridgehead atoms. The second-order valence-electron chi connectivity index (χ2n) is 5.11. The summed E-state index contributed by atoms with van der Waals surface area (Å²) in [4.78, 5) is 0. The standard InChI is InChI=1S/C16H24OSi/c1-4-18(5-2,6-3)17-16-13-9-11-14-10-7-8-12-15(14)16/h7-8,10,12-13H,4-6,9,11H2,1-3H3. The maximum Gasteiger partial charge on any atom is 0.250 e. The molecule has 0 fully saturated rings. The van der Waals surface area contributed by atoms with E-state index in [1.165, 1.54) is 29.3 Å². The maximum atomic E-state index is 6.55. The molecule has 0 atom stereocenters. The van der Waals surface area contributed by atoms with Crippen LogP contribution in [-0.2, 0) is 10.8 Å². The molecule has 0 amide bonds. The molecule has 0 N–H and O–H groups in total. The Morgan fingerprint density at radius 3 is 2.39 bits per heavy atom. The summed E-state index contributed by atoms with van der Waals surface area (Å²) >= 11 is 0. The van der Waals surface area contributed by atoms with E-state index in [4.69, 9.17) is 4.43 Å². The predicted molar refractivity (Wildman–Crippen MR) is 81.0 cm³/mol. The van der Waals surface area contributed by atoms with Crippen LogP contribution in [0.5, 0.6) is 0 Å². The number of hydrogen-bond donors (Lipinski definition) is 0. The van der Waals surface area contributed by atoms with E-state index in [0.29, 0.717) is 0 Å². The highest BCUT2D eigenvalue weighted by Gasteiger charge is 2.32. The summed E-state index contributed by atoms with van der Waals surface area (Å²) in [6.45, 7) is 6.86. The van der Waals surface area contributed by atoms with Crippen molar-refractivity contribution in [2.75, 3.05) is 0 Å². The molecule has 0 aliphatic heterocycles. The van der Waals surface area contributed by atoms with Crippen LogP contribution >= 0.6 is 0 Å². The molecule has 2 rings (SSSR count). The molecule has 1 aromatic carbocycles. The highest BCUT2D eigenvalue weighted by Crippen LogP contribution is 2.33. The van der Waals surface area contributed by atoms with Gasteiger partial charge < -0.3 is 4.43 Å². The smallest absolute Gasteiger partial charge is 0.250 e. The van der Waals surface area contributed by atoms with E-state index >= 15 is 0 Å². The van der Waals surface area contributed by atoms with Gasteiger partial charge in [0.2, 0.25) is 8.32 Å². The average molecular weight is 260 g/mol. The van der Waals surface area contributed by atoms with Gasteiger partial charge >= 0.3 is 0 Å². The number of aryl methyl sites for hydroxylation is 1. The molecule has 0 radical (unpaired) electrons. The average Bonchev–Trinajstić information content (AvgIpc) is 2.45. The van der Waals surface area contributed by atoms with Crippen molar-refractivity contribution in [2.45, 2.75) is 51.7 Å². The van der Waals surface area contributed by atoms with Gasteiger partial charge in [-0.05, 0) is 42.6 Å². The minimum atomic E-state index is -1.54. The van der Waals surface area contributed by atoms with Gasteiger partial charge in [-0.1, -0.05) is 45.0 Å². The topological polar surface area (TPSA) is 9.23 Å². The highest BCUT2D eigenvalue weighted by molar-refractivity contribution is 6.74. The molecular formula is C16H24OSi. The Bertz CT molecular complexity index is 424. The Morgan fingerprint density at radius 2 is 1.72 bits per heavy atom. The fourth-order valence-electron chi connectivity index (χ4n) is 2.74. The summed E-state index contributed by atoms with van der Waals surface area (Å²) in [6.07, 6.45) is 4.57. The molecule has 98 valence electrons. The van der Waals surface area contributed by atoms with Crippen LogP contribution in [0.3, 0.4) is 0 Å². The number of benzene rings is 1. The lowest BCUT2D eigenvalue weighted by Gasteiger charge is -2.32. The monoisotopic (exact) mass is 260 g/mol. The van der Waals surface area contributed by atoms with Crippen molar-refractivity contribution < 1.29 is 4.43 Å². The summed E-state index contributed by atoms with van der Waals surface area (Å²) in [5.41, 5.74) is 2.78. The molecule has 0 saturated heterocycles. The Balaban J connectivity index is 2.27. The zero-order chi connectivity index (χ0) is 13.0. The van der Waals surface area contributed by atoms with Crippen molar-refractivity contribution in [3.8, 4) is 0 Å². The molecule has 1 nitrogen and oxygen atoms in total. The first-order valence-electron chi connectivity index (χ1n) is 7.22. The first kappa shape index (κ1) is 13.4. The second kappa shape index (κ2) is 5.74. The molecule has 0 spiro atoms. The molecule has 0 saturated carbocycles. The predicted octanol–water partition coefficient (Wildman–Crippen LogP) is 5.00. The number of fused-ring (bicyclic) bond motifs is 1. The van der Waals surface area contributed by atoms with Gasteiger partial charge in [-0.25, -0.2) is 0 Å². The summed E-state index contributed by atoms with van der Waals surface area (Å²) < 4.78 is 6.55. The third-order valence-corrected chi connectivity index (χ3v) is 8.80. The molecular weight excluding hydrogens is 236 g/mol. The summed E-state index contributed by atoms with van der Waals surface area (Å²) in [6, 6.07) is 12.3. The molecule has 0 unspecified atom stereocenters. The molecule has 2 heteroatoms. The molecule has 0 aromatic heterocycles. The maximum absolute atomic E-state index is 6.55. The fourth-order valence-corrected chi connectivity index (χ4v) is 5.34. The lowest BCUT2D eigenvalue weighted by Crippen LogP contribution is -2.35. The van der Waals surface area contributed by atoms with E-state index in [2.05, 4.69) is 51.1 Å². The van der Waals surface area contributed by atoms with Gasteiger partial charge in [0.15, 0.2) is 0 Å². The van der Waals surface area contributed by atoms with E-state index in [9.17, 15) is 0 Å². The third kappa shape index (κ3) is 2.53. The largest absolute Gasteiger partial charge is 0.543 e. The molecule has 0 heterocycles. The molecule has 1 aliphatic rings. The zero-order valence-corrected chi connectivity index (χ0v) is 12.8. The van der Waals surface area contributed by atoms with Crippen LogP contribution in [0, 0.1) is 0 Å². The van der Waals surface area contributed by atoms with E-state index < -0.39 is 8.32 Å². The van der Waals surface area contributed by atoms with Gasteiger partial charge in [0.05, 0.1) is 0 Å². The normalized spacial score (nSPS) is 14.9. The van der Waals surface area contributed by atoms with Crippen LogP contribution in [0.15, 0.2) is 30.3 Å². The van der Waals surface area contributed by atoms with Crippen LogP contribution in [0.25, 0.3) is 5.76 Å². The van der Waals surface area contributed by atoms with E-state index in [0.717, 1.165) is 18.6 Å². The fraction of sp³-hybridized carbons (Fsp3) is 0.500. The van der Waals surface area contributed by atoms with Crippen LogP contribution in [0.4, 0.5) is 0 Å². The highest BCUT2D eigenvalue weighted by atomic mass is 28.4. The quantitative estimate of drug-likeness (QED) is 0.677. The van der Waals surface area contributed by atoms with Crippen molar-refractivity contribution in [3.63, 3.8) is 0 Å². The number of rotatable bonds is 5.